The number of pyridine rings is 1. The molecule has 1 fully saturated rings. The lowest BCUT2D eigenvalue weighted by atomic mass is 10.3. The quantitative estimate of drug-likeness (QED) is 0.640. The number of aromatic nitrogens is 3. The van der Waals surface area contributed by atoms with Gasteiger partial charge in [-0.25, -0.2) is 18.1 Å². The van der Waals surface area contributed by atoms with Crippen molar-refractivity contribution in [3.63, 3.8) is 0 Å². The number of thioether (sulfide) groups is 1. The molecule has 1 aliphatic heterocycles. The first-order valence-electron chi connectivity index (χ1n) is 9.18. The Morgan fingerprint density at radius 3 is 2.72 bits per heavy atom. The highest BCUT2D eigenvalue weighted by Gasteiger charge is 2.31. The van der Waals surface area contributed by atoms with Crippen molar-refractivity contribution in [2.75, 3.05) is 29.9 Å². The third-order valence-corrected chi connectivity index (χ3v) is 8.53. The predicted molar refractivity (Wildman–Crippen MR) is 116 cm³/mol. The largest absolute Gasteiger partial charge is 0.320 e. The summed E-state index contributed by atoms with van der Waals surface area (Å²) in [6, 6.07) is 3.47. The van der Waals surface area contributed by atoms with Gasteiger partial charge in [0.15, 0.2) is 5.65 Å². The van der Waals surface area contributed by atoms with Crippen molar-refractivity contribution in [1.29, 1.82) is 0 Å². The molecule has 11 heteroatoms. The van der Waals surface area contributed by atoms with E-state index in [2.05, 4.69) is 15.4 Å². The summed E-state index contributed by atoms with van der Waals surface area (Å²) >= 11 is 2.85. The number of carbonyl (C=O) groups is 1. The maximum absolute atomic E-state index is 13.0. The van der Waals surface area contributed by atoms with Crippen molar-refractivity contribution in [2.24, 2.45) is 0 Å². The molecular formula is C18H21N5O3S3. The summed E-state index contributed by atoms with van der Waals surface area (Å²) in [6.45, 7) is 4.96. The van der Waals surface area contributed by atoms with Crippen LogP contribution >= 0.6 is 23.1 Å². The van der Waals surface area contributed by atoms with Crippen LogP contribution < -0.4 is 5.32 Å². The molecule has 0 aliphatic carbocycles. The first-order chi connectivity index (χ1) is 13.9. The van der Waals surface area contributed by atoms with Gasteiger partial charge in [-0.1, -0.05) is 0 Å². The second kappa shape index (κ2) is 8.05. The van der Waals surface area contributed by atoms with Crippen LogP contribution in [0.1, 0.15) is 29.6 Å². The molecule has 1 aliphatic rings. The van der Waals surface area contributed by atoms with E-state index < -0.39 is 15.9 Å². The van der Waals surface area contributed by atoms with Gasteiger partial charge in [-0.2, -0.15) is 21.2 Å². The van der Waals surface area contributed by atoms with Gasteiger partial charge in [0.05, 0.1) is 18.1 Å². The summed E-state index contributed by atoms with van der Waals surface area (Å²) in [6.07, 6.45) is 3.26. The van der Waals surface area contributed by atoms with E-state index in [-0.39, 0.29) is 15.8 Å². The highest BCUT2D eigenvalue weighted by atomic mass is 32.2. The fourth-order valence-electron chi connectivity index (χ4n) is 3.17. The van der Waals surface area contributed by atoms with E-state index in [1.54, 1.807) is 35.6 Å². The lowest BCUT2D eigenvalue weighted by molar-refractivity contribution is 0.102. The number of amides is 1. The smallest absolute Gasteiger partial charge is 0.267 e. The Bertz CT molecular complexity index is 1150. The highest BCUT2D eigenvalue weighted by molar-refractivity contribution is 7.99. The van der Waals surface area contributed by atoms with Crippen molar-refractivity contribution in [2.45, 2.75) is 24.8 Å². The Morgan fingerprint density at radius 1 is 1.24 bits per heavy atom. The Kier molecular flexibility index (Phi) is 5.65. The minimum Gasteiger partial charge on any atom is -0.320 e. The van der Waals surface area contributed by atoms with E-state index >= 15 is 0 Å². The molecule has 0 spiro atoms. The molecule has 154 valence electrons. The summed E-state index contributed by atoms with van der Waals surface area (Å²) < 4.78 is 29.2. The number of rotatable bonds is 5. The zero-order valence-electron chi connectivity index (χ0n) is 16.0. The average molecular weight is 452 g/mol. The summed E-state index contributed by atoms with van der Waals surface area (Å²) in [5.74, 6) is 1.07. The maximum Gasteiger partial charge on any atom is 0.267 e. The van der Waals surface area contributed by atoms with E-state index in [1.165, 1.54) is 10.4 Å². The summed E-state index contributed by atoms with van der Waals surface area (Å²) in [5, 5.41) is 9.54. The fourth-order valence-corrected chi connectivity index (χ4v) is 7.04. The molecule has 4 rings (SSSR count). The Morgan fingerprint density at radius 2 is 2.00 bits per heavy atom. The van der Waals surface area contributed by atoms with Crippen molar-refractivity contribution in [3.05, 3.63) is 34.8 Å². The van der Waals surface area contributed by atoms with E-state index in [1.807, 2.05) is 18.5 Å². The van der Waals surface area contributed by atoms with Crippen LogP contribution in [0.3, 0.4) is 0 Å². The maximum atomic E-state index is 13.0. The van der Waals surface area contributed by atoms with Gasteiger partial charge in [0, 0.05) is 36.0 Å². The van der Waals surface area contributed by atoms with Crippen LogP contribution in [0, 0.1) is 0 Å². The first-order valence-corrected chi connectivity index (χ1v) is 12.7. The molecule has 29 heavy (non-hydrogen) atoms. The van der Waals surface area contributed by atoms with Gasteiger partial charge in [0.25, 0.3) is 5.91 Å². The monoisotopic (exact) mass is 451 g/mol. The highest BCUT2D eigenvalue weighted by Crippen LogP contribution is 2.28. The molecule has 0 bridgehead atoms. The number of fused-ring (bicyclic) bond motifs is 1. The Labute approximate surface area is 177 Å². The summed E-state index contributed by atoms with van der Waals surface area (Å²) in [5.41, 5.74) is 1.23. The molecule has 0 radical (unpaired) electrons. The van der Waals surface area contributed by atoms with Crippen LogP contribution in [-0.4, -0.2) is 58.0 Å². The molecule has 1 N–H and O–H groups in total. The number of sulfonamides is 1. The van der Waals surface area contributed by atoms with Gasteiger partial charge < -0.3 is 5.32 Å². The number of anilines is 1. The van der Waals surface area contributed by atoms with E-state index in [9.17, 15) is 13.2 Å². The van der Waals surface area contributed by atoms with Gasteiger partial charge in [-0.15, -0.1) is 11.3 Å². The summed E-state index contributed by atoms with van der Waals surface area (Å²) in [7, 11) is -3.69. The van der Waals surface area contributed by atoms with Crippen molar-refractivity contribution >= 4 is 55.7 Å². The number of carbonyl (C=O) groups excluding carboxylic acids is 1. The standard InChI is InChI=1S/C18H21N5O3S3/c1-12(2)23-17-13(10-20-23)9-14(11-19-17)21-18(24)16-15(3-6-28-16)29(25,26)22-4-7-27-8-5-22/h3,6,9-12H,4-5,7-8H2,1-2H3,(H,21,24). The molecule has 1 amide bonds. The fraction of sp³-hybridized carbons (Fsp3) is 0.389. The molecule has 3 aromatic rings. The van der Waals surface area contributed by atoms with Crippen LogP contribution in [-0.2, 0) is 10.0 Å². The van der Waals surface area contributed by atoms with E-state index in [4.69, 9.17) is 0 Å². The topological polar surface area (TPSA) is 97.2 Å². The van der Waals surface area contributed by atoms with Crippen LogP contribution in [0.2, 0.25) is 0 Å². The number of nitrogens with zero attached hydrogens (tertiary/aromatic N) is 4. The molecule has 0 saturated carbocycles. The minimum absolute atomic E-state index is 0.0635. The van der Waals surface area contributed by atoms with Gasteiger partial charge >= 0.3 is 0 Å². The lowest BCUT2D eigenvalue weighted by Crippen LogP contribution is -2.38. The van der Waals surface area contributed by atoms with E-state index in [0.29, 0.717) is 18.8 Å². The lowest BCUT2D eigenvalue weighted by Gasteiger charge is -2.25. The molecule has 1 saturated heterocycles. The third kappa shape index (κ3) is 3.91. The SMILES string of the molecule is CC(C)n1ncc2cc(NC(=O)c3sccc3S(=O)(=O)N3CCSCC3)cnc21. The normalized spacial score (nSPS) is 15.8. The molecular weight excluding hydrogens is 430 g/mol. The predicted octanol–water partition coefficient (Wildman–Crippen LogP) is 3.06. The molecule has 0 unspecified atom stereocenters. The van der Waals surface area contributed by atoms with Crippen LogP contribution in [0.25, 0.3) is 11.0 Å². The average Bonchev–Trinajstić information content (AvgIpc) is 3.36. The number of nitrogens with one attached hydrogen (secondary N) is 1. The van der Waals surface area contributed by atoms with Gasteiger partial charge in [0.2, 0.25) is 10.0 Å². The second-order valence-electron chi connectivity index (χ2n) is 6.90. The van der Waals surface area contributed by atoms with Crippen molar-refractivity contribution in [1.82, 2.24) is 19.1 Å². The van der Waals surface area contributed by atoms with Crippen LogP contribution in [0.4, 0.5) is 5.69 Å². The number of hydrogen-bond acceptors (Lipinski definition) is 7. The molecule has 3 aromatic heterocycles. The summed E-state index contributed by atoms with van der Waals surface area (Å²) in [4.78, 5) is 17.5. The number of hydrogen-bond donors (Lipinski definition) is 1. The van der Waals surface area contributed by atoms with Crippen molar-refractivity contribution < 1.29 is 13.2 Å². The molecule has 8 nitrogen and oxygen atoms in total. The Balaban J connectivity index is 1.58. The van der Waals surface area contributed by atoms with Crippen molar-refractivity contribution in [3.8, 4) is 0 Å². The Hall–Kier alpha value is -1.95. The third-order valence-electron chi connectivity index (χ3n) is 4.60. The van der Waals surface area contributed by atoms with E-state index in [0.717, 1.165) is 33.9 Å². The second-order valence-corrected chi connectivity index (χ2v) is 11.0. The molecule has 4 heterocycles. The van der Waals surface area contributed by atoms with Crippen LogP contribution in [0.15, 0.2) is 34.8 Å². The van der Waals surface area contributed by atoms with Gasteiger partial charge in [-0.3, -0.25) is 4.79 Å². The number of thiophene rings is 1. The first kappa shape index (κ1) is 20.3. The van der Waals surface area contributed by atoms with Gasteiger partial charge in [0.1, 0.15) is 9.77 Å². The van der Waals surface area contributed by atoms with Crippen LogP contribution in [0.5, 0.6) is 0 Å². The van der Waals surface area contributed by atoms with Gasteiger partial charge in [-0.05, 0) is 31.4 Å². The molecule has 0 atom stereocenters. The zero-order valence-corrected chi connectivity index (χ0v) is 18.5. The molecule has 0 aromatic carbocycles. The zero-order chi connectivity index (χ0) is 20.6. The minimum atomic E-state index is -3.69.